The van der Waals surface area contributed by atoms with E-state index in [2.05, 4.69) is 10.0 Å². The minimum atomic E-state index is -3.88. The second-order valence-corrected chi connectivity index (χ2v) is 6.34. The molecule has 2 aromatic carbocycles. The number of methoxy groups -OCH3 is 1. The van der Waals surface area contributed by atoms with Gasteiger partial charge in [-0.05, 0) is 36.4 Å². The zero-order chi connectivity index (χ0) is 17.0. The molecule has 0 saturated heterocycles. The molecular formula is C15H15FN2O4S. The van der Waals surface area contributed by atoms with Crippen LogP contribution in [0.25, 0.3) is 0 Å². The Labute approximate surface area is 133 Å². The van der Waals surface area contributed by atoms with Gasteiger partial charge in [-0.15, -0.1) is 0 Å². The van der Waals surface area contributed by atoms with Crippen LogP contribution in [0.3, 0.4) is 0 Å². The van der Waals surface area contributed by atoms with Gasteiger partial charge >= 0.3 is 0 Å². The van der Waals surface area contributed by atoms with Crippen LogP contribution >= 0.6 is 0 Å². The van der Waals surface area contributed by atoms with Crippen molar-refractivity contribution in [3.8, 4) is 5.75 Å². The van der Waals surface area contributed by atoms with Crippen LogP contribution in [0.4, 0.5) is 15.8 Å². The highest BCUT2D eigenvalue weighted by molar-refractivity contribution is 7.92. The highest BCUT2D eigenvalue weighted by Gasteiger charge is 2.17. The Hall–Kier alpha value is -2.61. The van der Waals surface area contributed by atoms with E-state index in [0.717, 1.165) is 18.2 Å². The second kappa shape index (κ2) is 6.66. The monoisotopic (exact) mass is 338 g/mol. The quantitative estimate of drug-likeness (QED) is 0.877. The Morgan fingerprint density at radius 2 is 1.70 bits per heavy atom. The smallest absolute Gasteiger partial charge is 0.262 e. The number of halogens is 1. The topological polar surface area (TPSA) is 84.5 Å². The molecule has 0 spiro atoms. The number of anilines is 2. The van der Waals surface area contributed by atoms with Crippen molar-refractivity contribution in [3.63, 3.8) is 0 Å². The van der Waals surface area contributed by atoms with E-state index in [1.165, 1.54) is 26.2 Å². The number of hydrogen-bond donors (Lipinski definition) is 2. The number of hydrogen-bond acceptors (Lipinski definition) is 4. The molecule has 0 bridgehead atoms. The Balaban J connectivity index is 2.22. The first kappa shape index (κ1) is 16.8. The molecule has 2 N–H and O–H groups in total. The number of carbonyl (C=O) groups is 1. The number of rotatable bonds is 5. The summed E-state index contributed by atoms with van der Waals surface area (Å²) in [5.41, 5.74) is 0.853. The van der Waals surface area contributed by atoms with E-state index in [0.29, 0.717) is 11.4 Å². The van der Waals surface area contributed by atoms with Crippen molar-refractivity contribution in [1.82, 2.24) is 0 Å². The molecular weight excluding hydrogens is 323 g/mol. The Bertz CT molecular complexity index is 820. The SMILES string of the molecule is COc1cc(S(=O)(=O)Nc2ccc(NC(C)=O)cc2)ccc1F. The zero-order valence-corrected chi connectivity index (χ0v) is 13.3. The molecule has 2 aromatic rings. The predicted octanol–water partition coefficient (Wildman–Crippen LogP) is 2.59. The van der Waals surface area contributed by atoms with Crippen molar-refractivity contribution in [2.45, 2.75) is 11.8 Å². The van der Waals surface area contributed by atoms with Crippen molar-refractivity contribution in [1.29, 1.82) is 0 Å². The van der Waals surface area contributed by atoms with Crippen LogP contribution in [0, 0.1) is 5.82 Å². The summed E-state index contributed by atoms with van der Waals surface area (Å²) >= 11 is 0. The third kappa shape index (κ3) is 4.19. The first-order valence-electron chi connectivity index (χ1n) is 6.56. The molecule has 0 saturated carbocycles. The summed E-state index contributed by atoms with van der Waals surface area (Å²) in [6, 6.07) is 9.39. The van der Waals surface area contributed by atoms with Crippen LogP contribution < -0.4 is 14.8 Å². The average Bonchev–Trinajstić information content (AvgIpc) is 2.48. The van der Waals surface area contributed by atoms with Crippen LogP contribution in [-0.4, -0.2) is 21.4 Å². The summed E-state index contributed by atoms with van der Waals surface area (Å²) in [6.07, 6.45) is 0. The van der Waals surface area contributed by atoms with E-state index in [4.69, 9.17) is 4.74 Å². The van der Waals surface area contributed by atoms with E-state index in [1.807, 2.05) is 0 Å². The standard InChI is InChI=1S/C15H15FN2O4S/c1-10(19)17-11-3-5-12(6-4-11)18-23(20,21)13-7-8-14(16)15(9-13)22-2/h3-9,18H,1-2H3,(H,17,19). The molecule has 1 amide bonds. The highest BCUT2D eigenvalue weighted by atomic mass is 32.2. The van der Waals surface area contributed by atoms with Gasteiger partial charge in [0.1, 0.15) is 0 Å². The van der Waals surface area contributed by atoms with Gasteiger partial charge in [-0.25, -0.2) is 12.8 Å². The lowest BCUT2D eigenvalue weighted by Gasteiger charge is -2.10. The molecule has 0 heterocycles. The molecule has 0 aromatic heterocycles. The van der Waals surface area contributed by atoms with Crippen molar-refractivity contribution in [3.05, 3.63) is 48.3 Å². The lowest BCUT2D eigenvalue weighted by Crippen LogP contribution is -2.13. The highest BCUT2D eigenvalue weighted by Crippen LogP contribution is 2.23. The lowest BCUT2D eigenvalue weighted by molar-refractivity contribution is -0.114. The van der Waals surface area contributed by atoms with Crippen LogP contribution in [0.15, 0.2) is 47.4 Å². The fourth-order valence-electron chi connectivity index (χ4n) is 1.85. The second-order valence-electron chi connectivity index (χ2n) is 4.66. The van der Waals surface area contributed by atoms with Gasteiger partial charge < -0.3 is 10.1 Å². The third-order valence-corrected chi connectivity index (χ3v) is 4.27. The summed E-state index contributed by atoms with van der Waals surface area (Å²) in [5, 5.41) is 2.57. The molecule has 8 heteroatoms. The summed E-state index contributed by atoms with van der Waals surface area (Å²) in [5.74, 6) is -1.03. The maximum absolute atomic E-state index is 13.4. The summed E-state index contributed by atoms with van der Waals surface area (Å²) < 4.78 is 45.1. The summed E-state index contributed by atoms with van der Waals surface area (Å²) in [4.78, 5) is 10.8. The van der Waals surface area contributed by atoms with Crippen LogP contribution in [0.5, 0.6) is 5.75 Å². The first-order valence-corrected chi connectivity index (χ1v) is 8.04. The predicted molar refractivity (Wildman–Crippen MR) is 84.5 cm³/mol. The van der Waals surface area contributed by atoms with E-state index in [1.54, 1.807) is 12.1 Å². The number of amides is 1. The van der Waals surface area contributed by atoms with Gasteiger partial charge in [0.05, 0.1) is 12.0 Å². The molecule has 0 fully saturated rings. The Kier molecular flexibility index (Phi) is 4.85. The zero-order valence-electron chi connectivity index (χ0n) is 12.5. The molecule has 0 radical (unpaired) electrons. The first-order chi connectivity index (χ1) is 10.8. The molecule has 0 aliphatic heterocycles. The molecule has 0 unspecified atom stereocenters. The van der Waals surface area contributed by atoms with E-state index in [-0.39, 0.29) is 16.6 Å². The van der Waals surface area contributed by atoms with E-state index < -0.39 is 15.8 Å². The molecule has 6 nitrogen and oxygen atoms in total. The molecule has 0 atom stereocenters. The maximum Gasteiger partial charge on any atom is 0.262 e. The largest absolute Gasteiger partial charge is 0.494 e. The molecule has 2 rings (SSSR count). The maximum atomic E-state index is 13.4. The molecule has 0 aliphatic rings. The lowest BCUT2D eigenvalue weighted by atomic mass is 10.3. The third-order valence-electron chi connectivity index (χ3n) is 2.89. The van der Waals surface area contributed by atoms with Crippen LogP contribution in [-0.2, 0) is 14.8 Å². The van der Waals surface area contributed by atoms with Gasteiger partial charge in [0, 0.05) is 24.4 Å². The van der Waals surface area contributed by atoms with Crippen molar-refractivity contribution >= 4 is 27.3 Å². The summed E-state index contributed by atoms with van der Waals surface area (Å²) in [6.45, 7) is 1.37. The van der Waals surface area contributed by atoms with Gasteiger partial charge in [-0.3, -0.25) is 9.52 Å². The fraction of sp³-hybridized carbons (Fsp3) is 0.133. The van der Waals surface area contributed by atoms with Crippen LogP contribution in [0.1, 0.15) is 6.92 Å². The minimum Gasteiger partial charge on any atom is -0.494 e. The minimum absolute atomic E-state index is 0.123. The van der Waals surface area contributed by atoms with Crippen molar-refractivity contribution in [2.24, 2.45) is 0 Å². The van der Waals surface area contributed by atoms with E-state index >= 15 is 0 Å². The van der Waals surface area contributed by atoms with Gasteiger partial charge in [0.2, 0.25) is 5.91 Å². The Morgan fingerprint density at radius 1 is 1.09 bits per heavy atom. The van der Waals surface area contributed by atoms with Crippen molar-refractivity contribution in [2.75, 3.05) is 17.1 Å². The molecule has 23 heavy (non-hydrogen) atoms. The Morgan fingerprint density at radius 3 is 2.26 bits per heavy atom. The number of sulfonamides is 1. The number of nitrogens with one attached hydrogen (secondary N) is 2. The van der Waals surface area contributed by atoms with Gasteiger partial charge in [0.15, 0.2) is 11.6 Å². The number of ether oxygens (including phenoxy) is 1. The molecule has 0 aliphatic carbocycles. The van der Waals surface area contributed by atoms with Crippen molar-refractivity contribution < 1.29 is 22.3 Å². The van der Waals surface area contributed by atoms with Gasteiger partial charge in [-0.1, -0.05) is 0 Å². The molecule has 122 valence electrons. The number of carbonyl (C=O) groups excluding carboxylic acids is 1. The normalized spacial score (nSPS) is 10.9. The summed E-state index contributed by atoms with van der Waals surface area (Å²) in [7, 11) is -2.63. The van der Waals surface area contributed by atoms with E-state index in [9.17, 15) is 17.6 Å². The van der Waals surface area contributed by atoms with Gasteiger partial charge in [-0.2, -0.15) is 0 Å². The van der Waals surface area contributed by atoms with Crippen LogP contribution in [0.2, 0.25) is 0 Å². The number of benzene rings is 2. The fourth-order valence-corrected chi connectivity index (χ4v) is 2.92. The average molecular weight is 338 g/mol. The van der Waals surface area contributed by atoms with Gasteiger partial charge in [0.25, 0.3) is 10.0 Å².